The first-order valence-electron chi connectivity index (χ1n) is 7.66. The van der Waals surface area contributed by atoms with Gasteiger partial charge in [0, 0.05) is 11.5 Å². The summed E-state index contributed by atoms with van der Waals surface area (Å²) in [5.74, 6) is -0.278. The van der Waals surface area contributed by atoms with Crippen molar-refractivity contribution in [3.63, 3.8) is 0 Å². The molecule has 1 heterocycles. The van der Waals surface area contributed by atoms with Gasteiger partial charge < -0.3 is 5.11 Å². The molecule has 0 amide bonds. The van der Waals surface area contributed by atoms with Crippen LogP contribution in [0.15, 0.2) is 78.9 Å². The van der Waals surface area contributed by atoms with Gasteiger partial charge in [-0.2, -0.15) is 0 Å². The lowest BCUT2D eigenvalue weighted by atomic mass is 9.98. The lowest BCUT2D eigenvalue weighted by Gasteiger charge is -2.09. The predicted molar refractivity (Wildman–Crippen MR) is 94.2 cm³/mol. The summed E-state index contributed by atoms with van der Waals surface area (Å²) in [5.41, 5.74) is 4.50. The van der Waals surface area contributed by atoms with Crippen molar-refractivity contribution < 1.29 is 9.50 Å². The van der Waals surface area contributed by atoms with E-state index in [0.29, 0.717) is 5.52 Å². The summed E-state index contributed by atoms with van der Waals surface area (Å²) in [7, 11) is 0. The Labute approximate surface area is 138 Å². The van der Waals surface area contributed by atoms with Crippen molar-refractivity contribution in [3.05, 3.63) is 84.7 Å². The molecule has 116 valence electrons. The highest BCUT2D eigenvalue weighted by Gasteiger charge is 2.09. The molecule has 0 saturated carbocycles. The van der Waals surface area contributed by atoms with Crippen LogP contribution in [0, 0.1) is 5.82 Å². The molecule has 0 radical (unpaired) electrons. The molecular weight excluding hydrogens is 301 g/mol. The fourth-order valence-corrected chi connectivity index (χ4v) is 2.89. The van der Waals surface area contributed by atoms with E-state index in [9.17, 15) is 9.50 Å². The van der Waals surface area contributed by atoms with Gasteiger partial charge in [-0.25, -0.2) is 9.37 Å². The van der Waals surface area contributed by atoms with E-state index >= 15 is 0 Å². The highest BCUT2D eigenvalue weighted by molar-refractivity contribution is 5.97. The summed E-state index contributed by atoms with van der Waals surface area (Å²) in [6.07, 6.45) is 0. The zero-order valence-electron chi connectivity index (χ0n) is 12.8. The van der Waals surface area contributed by atoms with Gasteiger partial charge in [0.2, 0.25) is 5.88 Å². The Morgan fingerprint density at radius 1 is 0.708 bits per heavy atom. The molecule has 3 aromatic carbocycles. The number of nitrogens with zero attached hydrogens (tertiary/aromatic N) is 1. The van der Waals surface area contributed by atoms with Crippen LogP contribution in [0.1, 0.15) is 0 Å². The number of halogens is 1. The molecule has 0 spiro atoms. The van der Waals surface area contributed by atoms with E-state index in [1.165, 1.54) is 12.1 Å². The Balaban J connectivity index is 1.91. The smallest absolute Gasteiger partial charge is 0.211 e. The second kappa shape index (κ2) is 5.78. The van der Waals surface area contributed by atoms with E-state index in [0.717, 1.165) is 27.6 Å². The van der Waals surface area contributed by atoms with Crippen LogP contribution in [0.5, 0.6) is 5.88 Å². The summed E-state index contributed by atoms with van der Waals surface area (Å²) < 4.78 is 13.1. The Morgan fingerprint density at radius 3 is 2.17 bits per heavy atom. The van der Waals surface area contributed by atoms with Gasteiger partial charge in [-0.3, -0.25) is 0 Å². The molecule has 0 bridgehead atoms. The first-order chi connectivity index (χ1) is 11.7. The topological polar surface area (TPSA) is 33.1 Å². The molecule has 2 nitrogen and oxygen atoms in total. The van der Waals surface area contributed by atoms with E-state index in [2.05, 4.69) is 4.98 Å². The van der Waals surface area contributed by atoms with Crippen LogP contribution >= 0.6 is 0 Å². The van der Waals surface area contributed by atoms with Crippen LogP contribution in [0.3, 0.4) is 0 Å². The van der Waals surface area contributed by atoms with Crippen molar-refractivity contribution in [2.75, 3.05) is 0 Å². The standard InChI is InChI=1S/C21H14FNO/c22-17-9-6-14(7-10-17)16-8-11-18-19(15-4-2-1-3-5-15)13-21(24)23-20(18)12-16/h1-13H,(H,23,24). The number of hydrogen-bond acceptors (Lipinski definition) is 2. The van der Waals surface area contributed by atoms with Crippen molar-refractivity contribution in [2.24, 2.45) is 0 Å². The van der Waals surface area contributed by atoms with Gasteiger partial charge in [0.1, 0.15) is 5.82 Å². The van der Waals surface area contributed by atoms with Gasteiger partial charge in [0.05, 0.1) is 5.52 Å². The quantitative estimate of drug-likeness (QED) is 0.536. The normalized spacial score (nSPS) is 10.9. The highest BCUT2D eigenvalue weighted by Crippen LogP contribution is 2.33. The summed E-state index contributed by atoms with van der Waals surface area (Å²) in [6.45, 7) is 0. The lowest BCUT2D eigenvalue weighted by Crippen LogP contribution is -1.87. The Bertz CT molecular complexity index is 1010. The summed E-state index contributed by atoms with van der Waals surface area (Å²) >= 11 is 0. The summed E-state index contributed by atoms with van der Waals surface area (Å²) in [5, 5.41) is 11.0. The van der Waals surface area contributed by atoms with Crippen LogP contribution in [0.2, 0.25) is 0 Å². The minimum Gasteiger partial charge on any atom is -0.493 e. The minimum atomic E-state index is -0.262. The van der Waals surface area contributed by atoms with Gasteiger partial charge in [0.15, 0.2) is 0 Å². The maximum Gasteiger partial charge on any atom is 0.211 e. The average molecular weight is 315 g/mol. The first-order valence-corrected chi connectivity index (χ1v) is 7.66. The van der Waals surface area contributed by atoms with E-state index in [-0.39, 0.29) is 11.7 Å². The molecule has 0 saturated heterocycles. The third-order valence-electron chi connectivity index (χ3n) is 4.06. The van der Waals surface area contributed by atoms with E-state index in [1.54, 1.807) is 18.2 Å². The molecular formula is C21H14FNO. The number of aromatic hydroxyl groups is 1. The second-order valence-electron chi connectivity index (χ2n) is 5.63. The van der Waals surface area contributed by atoms with Crippen molar-refractivity contribution in [2.45, 2.75) is 0 Å². The molecule has 0 unspecified atom stereocenters. The number of benzene rings is 3. The number of pyridine rings is 1. The minimum absolute atomic E-state index is 0.0161. The molecule has 0 fully saturated rings. The van der Waals surface area contributed by atoms with Gasteiger partial charge in [-0.1, -0.05) is 54.6 Å². The van der Waals surface area contributed by atoms with E-state index in [4.69, 9.17) is 0 Å². The lowest BCUT2D eigenvalue weighted by molar-refractivity contribution is 0.456. The van der Waals surface area contributed by atoms with Crippen molar-refractivity contribution in [1.82, 2.24) is 4.98 Å². The van der Waals surface area contributed by atoms with Gasteiger partial charge >= 0.3 is 0 Å². The van der Waals surface area contributed by atoms with Crippen LogP contribution in [-0.4, -0.2) is 10.1 Å². The van der Waals surface area contributed by atoms with Crippen molar-refractivity contribution in [3.8, 4) is 28.1 Å². The SMILES string of the molecule is Oc1cc(-c2ccccc2)c2ccc(-c3ccc(F)cc3)cc2n1. The second-order valence-corrected chi connectivity index (χ2v) is 5.63. The van der Waals surface area contributed by atoms with Gasteiger partial charge in [-0.15, -0.1) is 0 Å². The third kappa shape index (κ3) is 2.61. The van der Waals surface area contributed by atoms with Gasteiger partial charge in [-0.05, 0) is 40.5 Å². The molecule has 0 aliphatic heterocycles. The molecule has 3 heteroatoms. The maximum atomic E-state index is 13.1. The van der Waals surface area contributed by atoms with Gasteiger partial charge in [0.25, 0.3) is 0 Å². The number of rotatable bonds is 2. The number of aromatic nitrogens is 1. The molecule has 4 aromatic rings. The zero-order chi connectivity index (χ0) is 16.5. The van der Waals surface area contributed by atoms with E-state index in [1.807, 2.05) is 48.5 Å². The Morgan fingerprint density at radius 2 is 1.42 bits per heavy atom. The molecule has 1 N–H and O–H groups in total. The fourth-order valence-electron chi connectivity index (χ4n) is 2.89. The maximum absolute atomic E-state index is 13.1. The Kier molecular flexibility index (Phi) is 3.47. The molecule has 24 heavy (non-hydrogen) atoms. The average Bonchev–Trinajstić information content (AvgIpc) is 2.62. The predicted octanol–water partition coefficient (Wildman–Crippen LogP) is 5.41. The molecule has 0 aliphatic carbocycles. The fraction of sp³-hybridized carbons (Fsp3) is 0. The van der Waals surface area contributed by atoms with E-state index < -0.39 is 0 Å². The third-order valence-corrected chi connectivity index (χ3v) is 4.06. The Hall–Kier alpha value is -3.20. The van der Waals surface area contributed by atoms with Crippen LogP contribution in [0.4, 0.5) is 4.39 Å². The van der Waals surface area contributed by atoms with Crippen molar-refractivity contribution >= 4 is 10.9 Å². The molecule has 4 rings (SSSR count). The number of fused-ring (bicyclic) bond motifs is 1. The monoisotopic (exact) mass is 315 g/mol. The van der Waals surface area contributed by atoms with Crippen LogP contribution in [0.25, 0.3) is 33.2 Å². The first kappa shape index (κ1) is 14.4. The highest BCUT2D eigenvalue weighted by atomic mass is 19.1. The molecule has 0 atom stereocenters. The molecule has 0 aliphatic rings. The van der Waals surface area contributed by atoms with Crippen molar-refractivity contribution in [1.29, 1.82) is 0 Å². The summed E-state index contributed by atoms with van der Waals surface area (Å²) in [6, 6.07) is 23.8. The van der Waals surface area contributed by atoms with Crippen LogP contribution in [-0.2, 0) is 0 Å². The largest absolute Gasteiger partial charge is 0.493 e. The molecule has 1 aromatic heterocycles. The summed E-state index contributed by atoms with van der Waals surface area (Å²) in [4.78, 5) is 4.25. The van der Waals surface area contributed by atoms with Crippen LogP contribution < -0.4 is 0 Å². The zero-order valence-corrected chi connectivity index (χ0v) is 12.8. The number of hydrogen-bond donors (Lipinski definition) is 1.